The molecule has 0 saturated carbocycles. The second kappa shape index (κ2) is 11.9. The van der Waals surface area contributed by atoms with Crippen LogP contribution in [0, 0.1) is 5.92 Å². The van der Waals surface area contributed by atoms with Gasteiger partial charge >= 0.3 is 0 Å². The number of benzene rings is 2. The zero-order chi connectivity index (χ0) is 25.3. The van der Waals surface area contributed by atoms with Crippen molar-refractivity contribution < 1.29 is 23.9 Å². The third kappa shape index (κ3) is 6.62. The highest BCUT2D eigenvalue weighted by atomic mass is 16.5. The van der Waals surface area contributed by atoms with E-state index in [4.69, 9.17) is 9.47 Å². The summed E-state index contributed by atoms with van der Waals surface area (Å²) >= 11 is 0. The maximum atomic E-state index is 12.5. The molecule has 3 amide bonds. The summed E-state index contributed by atoms with van der Waals surface area (Å²) in [5.74, 6) is 0.318. The van der Waals surface area contributed by atoms with Crippen molar-refractivity contribution >= 4 is 29.1 Å². The predicted octanol–water partition coefficient (Wildman–Crippen LogP) is 2.47. The molecule has 2 heterocycles. The average molecular weight is 492 g/mol. The van der Waals surface area contributed by atoms with Crippen LogP contribution in [0.3, 0.4) is 0 Å². The normalized spacial score (nSPS) is 15.0. The van der Waals surface area contributed by atoms with Crippen molar-refractivity contribution in [2.24, 2.45) is 5.92 Å². The van der Waals surface area contributed by atoms with Gasteiger partial charge in [0.25, 0.3) is 5.91 Å². The van der Waals surface area contributed by atoms with Crippen LogP contribution in [0.1, 0.15) is 12.8 Å². The molecule has 36 heavy (non-hydrogen) atoms. The minimum atomic E-state index is -0.386. The van der Waals surface area contributed by atoms with E-state index in [1.165, 1.54) is 0 Å². The number of methoxy groups -OCH3 is 1. The van der Waals surface area contributed by atoms with Crippen LogP contribution in [0.2, 0.25) is 0 Å². The molecule has 1 aromatic heterocycles. The molecule has 0 aliphatic carbocycles. The first-order valence-corrected chi connectivity index (χ1v) is 11.7. The van der Waals surface area contributed by atoms with Crippen molar-refractivity contribution in [2.45, 2.75) is 19.4 Å². The second-order valence-corrected chi connectivity index (χ2v) is 8.41. The van der Waals surface area contributed by atoms with Gasteiger partial charge in [-0.1, -0.05) is 0 Å². The number of aromatic nitrogens is 2. The van der Waals surface area contributed by atoms with Crippen molar-refractivity contribution in [1.82, 2.24) is 14.9 Å². The van der Waals surface area contributed by atoms with Gasteiger partial charge in [-0.25, -0.2) is 4.98 Å². The smallest absolute Gasteiger partial charge is 0.262 e. The van der Waals surface area contributed by atoms with Gasteiger partial charge in [0.15, 0.2) is 6.61 Å². The van der Waals surface area contributed by atoms with Gasteiger partial charge < -0.3 is 29.6 Å². The molecule has 188 valence electrons. The van der Waals surface area contributed by atoms with E-state index >= 15 is 0 Å². The number of carbonyl (C=O) groups is 3. The number of anilines is 2. The van der Waals surface area contributed by atoms with Gasteiger partial charge in [-0.3, -0.25) is 14.4 Å². The molecule has 0 bridgehead atoms. The van der Waals surface area contributed by atoms with E-state index in [0.29, 0.717) is 36.0 Å². The molecule has 1 saturated heterocycles. The van der Waals surface area contributed by atoms with E-state index in [1.807, 2.05) is 10.8 Å². The van der Waals surface area contributed by atoms with Gasteiger partial charge in [0, 0.05) is 49.8 Å². The van der Waals surface area contributed by atoms with E-state index in [9.17, 15) is 14.4 Å². The Kier molecular flexibility index (Phi) is 8.17. The van der Waals surface area contributed by atoms with Crippen LogP contribution in [0.4, 0.5) is 11.4 Å². The molecule has 10 nitrogen and oxygen atoms in total. The first kappa shape index (κ1) is 24.8. The van der Waals surface area contributed by atoms with Crippen LogP contribution < -0.4 is 25.0 Å². The van der Waals surface area contributed by atoms with Crippen molar-refractivity contribution in [1.29, 1.82) is 0 Å². The molecule has 1 aliphatic rings. The number of rotatable bonds is 11. The Labute approximate surface area is 209 Å². The zero-order valence-electron chi connectivity index (χ0n) is 20.1. The van der Waals surface area contributed by atoms with E-state index in [2.05, 4.69) is 15.6 Å². The minimum absolute atomic E-state index is 0.0962. The molecule has 1 aliphatic heterocycles. The lowest BCUT2D eigenvalue weighted by molar-refractivity contribution is -0.126. The predicted molar refractivity (Wildman–Crippen MR) is 134 cm³/mol. The summed E-state index contributed by atoms with van der Waals surface area (Å²) in [6.07, 6.45) is 6.30. The quantitative estimate of drug-likeness (QED) is 0.398. The molecule has 2 N–H and O–H groups in total. The van der Waals surface area contributed by atoms with Gasteiger partial charge in [0.05, 0.1) is 19.4 Å². The Morgan fingerprint density at radius 2 is 1.83 bits per heavy atom. The molecule has 0 radical (unpaired) electrons. The van der Waals surface area contributed by atoms with Crippen molar-refractivity contribution in [3.05, 3.63) is 67.3 Å². The minimum Gasteiger partial charge on any atom is -0.497 e. The molecule has 3 aromatic rings. The fraction of sp³-hybridized carbons (Fsp3) is 0.308. The number of ether oxygens (including phenoxy) is 2. The van der Waals surface area contributed by atoms with E-state index in [0.717, 1.165) is 13.0 Å². The fourth-order valence-corrected chi connectivity index (χ4v) is 3.91. The highest BCUT2D eigenvalue weighted by Gasteiger charge is 2.34. The fourth-order valence-electron chi connectivity index (χ4n) is 3.91. The Morgan fingerprint density at radius 1 is 1.08 bits per heavy atom. The number of nitrogens with one attached hydrogen (secondary N) is 2. The van der Waals surface area contributed by atoms with Crippen LogP contribution in [0.25, 0.3) is 0 Å². The number of aryl methyl sites for hydroxylation is 1. The monoisotopic (exact) mass is 491 g/mol. The Morgan fingerprint density at radius 3 is 2.53 bits per heavy atom. The molecular formula is C26H29N5O5. The summed E-state index contributed by atoms with van der Waals surface area (Å²) in [6, 6.07) is 13.9. The van der Waals surface area contributed by atoms with Gasteiger partial charge in [-0.05, 0) is 55.0 Å². The third-order valence-corrected chi connectivity index (χ3v) is 5.84. The largest absolute Gasteiger partial charge is 0.497 e. The first-order chi connectivity index (χ1) is 17.5. The van der Waals surface area contributed by atoms with Gasteiger partial charge in [-0.2, -0.15) is 0 Å². The summed E-state index contributed by atoms with van der Waals surface area (Å²) in [5, 5.41) is 5.68. The maximum absolute atomic E-state index is 12.5. The number of hydrogen-bond donors (Lipinski definition) is 2. The molecule has 0 unspecified atom stereocenters. The number of hydrogen-bond acceptors (Lipinski definition) is 6. The standard InChI is InChI=1S/C26H29N5O5/c1-35-22-7-3-20(4-8-22)29-24(32)17-36-23-9-5-21(6-10-23)31-16-19(15-25(31)33)26(34)28-11-2-13-30-14-12-27-18-30/h3-10,12,14,18-19H,2,11,13,15-17H2,1H3,(H,28,34)(H,29,32)/t19-/m1/s1. The van der Waals surface area contributed by atoms with Crippen LogP contribution >= 0.6 is 0 Å². The number of imidazole rings is 1. The van der Waals surface area contributed by atoms with Crippen LogP contribution in [-0.4, -0.2) is 54.1 Å². The molecule has 10 heteroatoms. The average Bonchev–Trinajstić information content (AvgIpc) is 3.56. The van der Waals surface area contributed by atoms with E-state index < -0.39 is 0 Å². The molecule has 1 fully saturated rings. The summed E-state index contributed by atoms with van der Waals surface area (Å²) in [4.78, 5) is 42.8. The van der Waals surface area contributed by atoms with Crippen molar-refractivity contribution in [3.8, 4) is 11.5 Å². The number of nitrogens with zero attached hydrogens (tertiary/aromatic N) is 3. The second-order valence-electron chi connectivity index (χ2n) is 8.41. The van der Waals surface area contributed by atoms with Crippen LogP contribution in [-0.2, 0) is 20.9 Å². The zero-order valence-corrected chi connectivity index (χ0v) is 20.1. The Hall–Kier alpha value is -4.34. The van der Waals surface area contributed by atoms with Crippen LogP contribution in [0.15, 0.2) is 67.3 Å². The third-order valence-electron chi connectivity index (χ3n) is 5.84. The molecule has 4 rings (SSSR count). The topological polar surface area (TPSA) is 115 Å². The first-order valence-electron chi connectivity index (χ1n) is 11.7. The summed E-state index contributed by atoms with van der Waals surface area (Å²) in [5.41, 5.74) is 1.33. The molecule has 1 atom stereocenters. The lowest BCUT2D eigenvalue weighted by Gasteiger charge is -2.17. The summed E-state index contributed by atoms with van der Waals surface area (Å²) in [6.45, 7) is 1.49. The van der Waals surface area contributed by atoms with Crippen molar-refractivity contribution in [2.75, 3.05) is 37.0 Å². The molecule has 2 aromatic carbocycles. The Bertz CT molecular complexity index is 1160. The van der Waals surface area contributed by atoms with Gasteiger partial charge in [0.2, 0.25) is 11.8 Å². The highest BCUT2D eigenvalue weighted by molar-refractivity contribution is 6.00. The van der Waals surface area contributed by atoms with E-state index in [1.54, 1.807) is 73.1 Å². The van der Waals surface area contributed by atoms with Crippen molar-refractivity contribution in [3.63, 3.8) is 0 Å². The van der Waals surface area contributed by atoms with Crippen LogP contribution in [0.5, 0.6) is 11.5 Å². The summed E-state index contributed by atoms with van der Waals surface area (Å²) in [7, 11) is 1.58. The Balaban J connectivity index is 1.21. The highest BCUT2D eigenvalue weighted by Crippen LogP contribution is 2.27. The lowest BCUT2D eigenvalue weighted by Crippen LogP contribution is -2.33. The molecular weight excluding hydrogens is 462 g/mol. The molecule has 0 spiro atoms. The maximum Gasteiger partial charge on any atom is 0.262 e. The van der Waals surface area contributed by atoms with Gasteiger partial charge in [0.1, 0.15) is 11.5 Å². The lowest BCUT2D eigenvalue weighted by atomic mass is 10.1. The van der Waals surface area contributed by atoms with Gasteiger partial charge in [-0.15, -0.1) is 0 Å². The summed E-state index contributed by atoms with van der Waals surface area (Å²) < 4.78 is 12.6. The van der Waals surface area contributed by atoms with E-state index in [-0.39, 0.29) is 36.7 Å². The number of carbonyl (C=O) groups excluding carboxylic acids is 3. The number of amides is 3. The SMILES string of the molecule is COc1ccc(NC(=O)COc2ccc(N3C[C@H](C(=O)NCCCn4ccnc4)CC3=O)cc2)cc1.